The van der Waals surface area contributed by atoms with Gasteiger partial charge in [-0.05, 0) is 20.8 Å². The lowest BCUT2D eigenvalue weighted by Gasteiger charge is -2.16. The zero-order chi connectivity index (χ0) is 12.1. The van der Waals surface area contributed by atoms with E-state index in [2.05, 4.69) is 50.2 Å². The number of aromatic nitrogens is 1. The lowest BCUT2D eigenvalue weighted by Crippen LogP contribution is -2.38. The van der Waals surface area contributed by atoms with Crippen LogP contribution in [0.5, 0.6) is 0 Å². The number of nitrogens with one attached hydrogen (secondary N) is 2. The largest absolute Gasteiger partial charge is 0.313 e. The van der Waals surface area contributed by atoms with Crippen LogP contribution >= 0.6 is 11.3 Å². The van der Waals surface area contributed by atoms with Crippen molar-refractivity contribution < 1.29 is 0 Å². The first-order chi connectivity index (χ1) is 7.49. The van der Waals surface area contributed by atoms with Gasteiger partial charge in [0.25, 0.3) is 0 Å². The zero-order valence-electron chi connectivity index (χ0n) is 10.9. The van der Waals surface area contributed by atoms with E-state index in [0.717, 1.165) is 18.1 Å². The van der Waals surface area contributed by atoms with Crippen LogP contribution in [0.1, 0.15) is 36.3 Å². The van der Waals surface area contributed by atoms with Crippen LogP contribution in [0.25, 0.3) is 0 Å². The van der Waals surface area contributed by atoms with Crippen molar-refractivity contribution in [2.75, 3.05) is 6.54 Å². The standard InChI is InChI=1S/C12H23N3S/c1-8(2)13-6-9(3)14-7-12-10(4)15-11(5)16-12/h8-9,13-14H,6-7H2,1-5H3. The summed E-state index contributed by atoms with van der Waals surface area (Å²) in [6.07, 6.45) is 0. The molecule has 0 aromatic carbocycles. The molecule has 1 atom stereocenters. The molecule has 2 N–H and O–H groups in total. The summed E-state index contributed by atoms with van der Waals surface area (Å²) in [7, 11) is 0. The Morgan fingerprint density at radius 2 is 1.88 bits per heavy atom. The van der Waals surface area contributed by atoms with Crippen molar-refractivity contribution in [3.05, 3.63) is 15.6 Å². The van der Waals surface area contributed by atoms with Gasteiger partial charge in [-0.15, -0.1) is 11.3 Å². The van der Waals surface area contributed by atoms with Gasteiger partial charge < -0.3 is 10.6 Å². The van der Waals surface area contributed by atoms with E-state index in [1.54, 1.807) is 11.3 Å². The summed E-state index contributed by atoms with van der Waals surface area (Å²) in [6.45, 7) is 12.6. The minimum atomic E-state index is 0.490. The molecule has 1 aromatic rings. The number of hydrogen-bond donors (Lipinski definition) is 2. The second-order valence-electron chi connectivity index (χ2n) is 4.59. The van der Waals surface area contributed by atoms with Crippen molar-refractivity contribution in [1.82, 2.24) is 15.6 Å². The summed E-state index contributed by atoms with van der Waals surface area (Å²) in [4.78, 5) is 5.78. The van der Waals surface area contributed by atoms with Gasteiger partial charge in [-0.1, -0.05) is 13.8 Å². The molecule has 0 aliphatic carbocycles. The maximum Gasteiger partial charge on any atom is 0.0900 e. The predicted molar refractivity (Wildman–Crippen MR) is 71.0 cm³/mol. The van der Waals surface area contributed by atoms with E-state index in [0.29, 0.717) is 12.1 Å². The van der Waals surface area contributed by atoms with E-state index in [-0.39, 0.29) is 0 Å². The molecule has 1 unspecified atom stereocenters. The van der Waals surface area contributed by atoms with E-state index in [4.69, 9.17) is 0 Å². The molecule has 0 radical (unpaired) electrons. The molecule has 0 aliphatic heterocycles. The van der Waals surface area contributed by atoms with Gasteiger partial charge >= 0.3 is 0 Å². The average Bonchev–Trinajstić information content (AvgIpc) is 2.51. The van der Waals surface area contributed by atoms with Crippen molar-refractivity contribution in [3.63, 3.8) is 0 Å². The summed E-state index contributed by atoms with van der Waals surface area (Å²) >= 11 is 1.79. The Labute approximate surface area is 103 Å². The highest BCUT2D eigenvalue weighted by atomic mass is 32.1. The summed E-state index contributed by atoms with van der Waals surface area (Å²) in [5.41, 5.74) is 1.17. The summed E-state index contributed by atoms with van der Waals surface area (Å²) in [6, 6.07) is 1.04. The highest BCUT2D eigenvalue weighted by Crippen LogP contribution is 2.16. The van der Waals surface area contributed by atoms with Crippen molar-refractivity contribution in [3.8, 4) is 0 Å². The summed E-state index contributed by atoms with van der Waals surface area (Å²) in [5.74, 6) is 0. The molecule has 3 nitrogen and oxygen atoms in total. The summed E-state index contributed by atoms with van der Waals surface area (Å²) < 4.78 is 0. The Kier molecular flexibility index (Phi) is 5.38. The van der Waals surface area contributed by atoms with Crippen LogP contribution in [0.2, 0.25) is 0 Å². The van der Waals surface area contributed by atoms with E-state index < -0.39 is 0 Å². The maximum atomic E-state index is 4.43. The lowest BCUT2D eigenvalue weighted by atomic mass is 10.3. The highest BCUT2D eigenvalue weighted by molar-refractivity contribution is 7.11. The van der Waals surface area contributed by atoms with Crippen molar-refractivity contribution >= 4 is 11.3 Å². The number of aryl methyl sites for hydroxylation is 2. The van der Waals surface area contributed by atoms with Crippen molar-refractivity contribution in [2.24, 2.45) is 0 Å². The smallest absolute Gasteiger partial charge is 0.0900 e. The van der Waals surface area contributed by atoms with Crippen molar-refractivity contribution in [2.45, 2.75) is 53.2 Å². The summed E-state index contributed by atoms with van der Waals surface area (Å²) in [5, 5.41) is 8.10. The van der Waals surface area contributed by atoms with Gasteiger partial charge in [0.1, 0.15) is 0 Å². The van der Waals surface area contributed by atoms with Crippen LogP contribution < -0.4 is 10.6 Å². The van der Waals surface area contributed by atoms with Crippen LogP contribution in [0.15, 0.2) is 0 Å². The zero-order valence-corrected chi connectivity index (χ0v) is 11.7. The number of rotatable bonds is 6. The molecule has 0 fully saturated rings. The fourth-order valence-corrected chi connectivity index (χ4v) is 2.38. The van der Waals surface area contributed by atoms with E-state index in [1.165, 1.54) is 10.6 Å². The maximum absolute atomic E-state index is 4.43. The number of hydrogen-bond acceptors (Lipinski definition) is 4. The molecule has 0 saturated carbocycles. The van der Waals surface area contributed by atoms with Gasteiger partial charge in [0, 0.05) is 30.1 Å². The second kappa shape index (κ2) is 6.33. The molecule has 0 spiro atoms. The topological polar surface area (TPSA) is 37.0 Å². The Bertz CT molecular complexity index is 320. The van der Waals surface area contributed by atoms with Gasteiger partial charge in [-0.2, -0.15) is 0 Å². The molecule has 0 amide bonds. The molecule has 92 valence electrons. The molecule has 0 aliphatic rings. The van der Waals surface area contributed by atoms with Gasteiger partial charge in [0.2, 0.25) is 0 Å². The SMILES string of the molecule is Cc1nc(C)c(CNC(C)CNC(C)C)s1. The van der Waals surface area contributed by atoms with Gasteiger partial charge in [-0.3, -0.25) is 0 Å². The van der Waals surface area contributed by atoms with E-state index >= 15 is 0 Å². The van der Waals surface area contributed by atoms with Crippen LogP contribution in [-0.2, 0) is 6.54 Å². The van der Waals surface area contributed by atoms with E-state index in [1.807, 2.05) is 0 Å². The minimum absolute atomic E-state index is 0.490. The normalized spacial score (nSPS) is 13.4. The molecule has 4 heteroatoms. The Morgan fingerprint density at radius 3 is 2.38 bits per heavy atom. The Hall–Kier alpha value is -0.450. The fourth-order valence-electron chi connectivity index (χ4n) is 1.49. The first kappa shape index (κ1) is 13.6. The first-order valence-electron chi connectivity index (χ1n) is 5.88. The fraction of sp³-hybridized carbons (Fsp3) is 0.750. The molecule has 1 heterocycles. The third-order valence-corrected chi connectivity index (χ3v) is 3.52. The van der Waals surface area contributed by atoms with Crippen LogP contribution in [0.3, 0.4) is 0 Å². The predicted octanol–water partition coefficient (Wildman–Crippen LogP) is 2.24. The third-order valence-electron chi connectivity index (χ3n) is 2.44. The number of thiazole rings is 1. The van der Waals surface area contributed by atoms with Gasteiger partial charge in [-0.25, -0.2) is 4.98 Å². The van der Waals surface area contributed by atoms with Crippen LogP contribution in [0.4, 0.5) is 0 Å². The molecule has 0 saturated heterocycles. The monoisotopic (exact) mass is 241 g/mol. The molecule has 16 heavy (non-hydrogen) atoms. The average molecular weight is 241 g/mol. The Morgan fingerprint density at radius 1 is 1.19 bits per heavy atom. The third kappa shape index (κ3) is 4.60. The first-order valence-corrected chi connectivity index (χ1v) is 6.70. The minimum Gasteiger partial charge on any atom is -0.313 e. The van der Waals surface area contributed by atoms with Crippen molar-refractivity contribution in [1.29, 1.82) is 0 Å². The molecule has 1 rings (SSSR count). The lowest BCUT2D eigenvalue weighted by molar-refractivity contribution is 0.475. The van der Waals surface area contributed by atoms with Gasteiger partial charge in [0.15, 0.2) is 0 Å². The van der Waals surface area contributed by atoms with Crippen LogP contribution in [0, 0.1) is 13.8 Å². The van der Waals surface area contributed by atoms with Crippen LogP contribution in [-0.4, -0.2) is 23.6 Å². The Balaban J connectivity index is 2.31. The quantitative estimate of drug-likeness (QED) is 0.802. The second-order valence-corrected chi connectivity index (χ2v) is 5.87. The molecular formula is C12H23N3S. The highest BCUT2D eigenvalue weighted by Gasteiger charge is 2.07. The van der Waals surface area contributed by atoms with Gasteiger partial charge in [0.05, 0.1) is 10.7 Å². The molecule has 0 bridgehead atoms. The number of nitrogens with zero attached hydrogens (tertiary/aromatic N) is 1. The molecule has 1 aromatic heterocycles. The molecular weight excluding hydrogens is 218 g/mol. The van der Waals surface area contributed by atoms with E-state index in [9.17, 15) is 0 Å².